The fraction of sp³-hybridized carbons (Fsp3) is 0.179. The van der Waals surface area contributed by atoms with Crippen LogP contribution in [0, 0.1) is 13.8 Å². The second-order valence-electron chi connectivity index (χ2n) is 8.50. The average molecular weight is 481 g/mol. The highest BCUT2D eigenvalue weighted by molar-refractivity contribution is 7.13. The Morgan fingerprint density at radius 1 is 1.14 bits per heavy atom. The van der Waals surface area contributed by atoms with Crippen LogP contribution < -0.4 is 5.32 Å². The third-order valence-corrected chi connectivity index (χ3v) is 7.00. The second-order valence-corrected chi connectivity index (χ2v) is 9.79. The molecule has 0 radical (unpaired) electrons. The van der Waals surface area contributed by atoms with Crippen molar-refractivity contribution in [3.05, 3.63) is 94.2 Å². The molecule has 0 aliphatic carbocycles. The maximum Gasteiger partial charge on any atom is 0.116 e. The van der Waals surface area contributed by atoms with Crippen molar-refractivity contribution < 1.29 is 0 Å². The van der Waals surface area contributed by atoms with Gasteiger partial charge in [-0.15, -0.1) is 11.3 Å². The van der Waals surface area contributed by atoms with E-state index in [2.05, 4.69) is 94.2 Å². The Kier molecular flexibility index (Phi) is 6.44. The van der Waals surface area contributed by atoms with E-state index in [1.165, 1.54) is 9.75 Å². The maximum absolute atomic E-state index is 4.66. The predicted octanol–water partition coefficient (Wildman–Crippen LogP) is 6.42. The molecule has 5 aromatic heterocycles. The van der Waals surface area contributed by atoms with Crippen LogP contribution in [0.1, 0.15) is 33.5 Å². The number of aryl methyl sites for hydroxylation is 2. The molecule has 5 rings (SSSR count). The quantitative estimate of drug-likeness (QED) is 0.224. The molecule has 0 unspecified atom stereocenters. The molecule has 0 atom stereocenters. The first-order chi connectivity index (χ1) is 17.1. The van der Waals surface area contributed by atoms with E-state index < -0.39 is 0 Å². The number of nitrogens with zero attached hydrogens (tertiary/aromatic N) is 3. The summed E-state index contributed by atoms with van der Waals surface area (Å²) < 4.78 is 0. The molecule has 0 aromatic carbocycles. The molecule has 0 bridgehead atoms. The number of rotatable bonds is 8. The van der Waals surface area contributed by atoms with Gasteiger partial charge < -0.3 is 10.3 Å². The van der Waals surface area contributed by atoms with Crippen molar-refractivity contribution in [2.24, 2.45) is 0 Å². The zero-order valence-electron chi connectivity index (χ0n) is 20.1. The fourth-order valence-corrected chi connectivity index (χ4v) is 5.15. The zero-order chi connectivity index (χ0) is 24.4. The Morgan fingerprint density at radius 2 is 2.03 bits per heavy atom. The molecule has 5 heterocycles. The number of allylic oxidation sites excluding steroid dienone is 2. The highest BCUT2D eigenvalue weighted by Gasteiger charge is 2.17. The van der Waals surface area contributed by atoms with Crippen molar-refractivity contribution >= 4 is 27.8 Å². The molecular formula is C28H28N6S. The molecule has 6 nitrogen and oxygen atoms in total. The summed E-state index contributed by atoms with van der Waals surface area (Å²) in [6, 6.07) is 10.7. The third kappa shape index (κ3) is 4.60. The van der Waals surface area contributed by atoms with Crippen LogP contribution in [0.4, 0.5) is 0 Å². The molecule has 0 amide bonds. The highest BCUT2D eigenvalue weighted by Crippen LogP contribution is 2.35. The van der Waals surface area contributed by atoms with Gasteiger partial charge in [-0.2, -0.15) is 5.10 Å². The minimum Gasteiger partial charge on any atom is -0.357 e. The monoisotopic (exact) mass is 480 g/mol. The summed E-state index contributed by atoms with van der Waals surface area (Å²) >= 11 is 1.78. The van der Waals surface area contributed by atoms with Crippen LogP contribution in [0.5, 0.6) is 0 Å². The van der Waals surface area contributed by atoms with Gasteiger partial charge in [0.2, 0.25) is 0 Å². The summed E-state index contributed by atoms with van der Waals surface area (Å²) in [6.45, 7) is 12.0. The molecule has 3 N–H and O–H groups in total. The lowest BCUT2D eigenvalue weighted by atomic mass is 10.0. The van der Waals surface area contributed by atoms with E-state index in [0.717, 1.165) is 69.0 Å². The Labute approximate surface area is 208 Å². The second kappa shape index (κ2) is 9.82. The van der Waals surface area contributed by atoms with Gasteiger partial charge >= 0.3 is 0 Å². The molecule has 0 saturated heterocycles. The summed E-state index contributed by atoms with van der Waals surface area (Å²) in [7, 11) is 0. The summed E-state index contributed by atoms with van der Waals surface area (Å²) in [4.78, 5) is 15.1. The smallest absolute Gasteiger partial charge is 0.116 e. The molecule has 5 aromatic rings. The molecule has 0 aliphatic rings. The number of nitrogens with one attached hydrogen (secondary N) is 3. The lowest BCUT2D eigenvalue weighted by Gasteiger charge is -2.05. The highest BCUT2D eigenvalue weighted by atomic mass is 32.1. The first-order valence-corrected chi connectivity index (χ1v) is 12.5. The van der Waals surface area contributed by atoms with Gasteiger partial charge in [0.15, 0.2) is 0 Å². The van der Waals surface area contributed by atoms with Crippen LogP contribution >= 0.6 is 11.3 Å². The topological polar surface area (TPSA) is 82.3 Å². The van der Waals surface area contributed by atoms with Crippen LogP contribution in [0.15, 0.2) is 67.7 Å². The Balaban J connectivity index is 1.55. The summed E-state index contributed by atoms with van der Waals surface area (Å²) in [6.07, 6.45) is 9.50. The molecule has 7 heteroatoms. The van der Waals surface area contributed by atoms with Gasteiger partial charge in [0.05, 0.1) is 23.1 Å². The lowest BCUT2D eigenvalue weighted by molar-refractivity contribution is 0.724. The molecular weight excluding hydrogens is 452 g/mol. The number of pyridine rings is 2. The maximum atomic E-state index is 4.66. The van der Waals surface area contributed by atoms with Crippen molar-refractivity contribution in [1.82, 2.24) is 30.5 Å². The number of hydrogen-bond acceptors (Lipinski definition) is 5. The van der Waals surface area contributed by atoms with E-state index >= 15 is 0 Å². The lowest BCUT2D eigenvalue weighted by Crippen LogP contribution is -2.11. The van der Waals surface area contributed by atoms with Gasteiger partial charge in [-0.1, -0.05) is 25.7 Å². The van der Waals surface area contributed by atoms with E-state index in [9.17, 15) is 0 Å². The normalized spacial score (nSPS) is 11.9. The van der Waals surface area contributed by atoms with Crippen molar-refractivity contribution in [2.75, 3.05) is 6.54 Å². The van der Waals surface area contributed by atoms with Crippen molar-refractivity contribution in [3.63, 3.8) is 0 Å². The van der Waals surface area contributed by atoms with Crippen LogP contribution in [0.3, 0.4) is 0 Å². The Bertz CT molecular complexity index is 1530. The number of aromatic nitrogens is 5. The summed E-state index contributed by atoms with van der Waals surface area (Å²) in [5, 5.41) is 12.1. The Hall–Kier alpha value is -3.81. The Morgan fingerprint density at radius 3 is 2.80 bits per heavy atom. The molecule has 35 heavy (non-hydrogen) atoms. The first-order valence-electron chi connectivity index (χ1n) is 11.7. The van der Waals surface area contributed by atoms with E-state index in [4.69, 9.17) is 0 Å². The molecule has 0 aliphatic heterocycles. The summed E-state index contributed by atoms with van der Waals surface area (Å²) in [5.41, 5.74) is 9.11. The van der Waals surface area contributed by atoms with Gasteiger partial charge in [-0.3, -0.25) is 15.1 Å². The van der Waals surface area contributed by atoms with Crippen LogP contribution in [-0.4, -0.2) is 31.7 Å². The molecule has 176 valence electrons. The number of thiophene rings is 1. The van der Waals surface area contributed by atoms with Gasteiger partial charge in [0.25, 0.3) is 0 Å². The van der Waals surface area contributed by atoms with E-state index in [0.29, 0.717) is 0 Å². The van der Waals surface area contributed by atoms with Gasteiger partial charge in [0, 0.05) is 56.5 Å². The SMILES string of the molecule is C=C/C=C(/c1ccc(C)s1)c1cc(-c2n[nH]c3cnc(-c4cncc(CNCC)c4)cc23)[nH]c1C. The largest absolute Gasteiger partial charge is 0.357 e. The van der Waals surface area contributed by atoms with Gasteiger partial charge in [0.1, 0.15) is 5.69 Å². The average Bonchev–Trinajstić information content (AvgIpc) is 3.59. The number of fused-ring (bicyclic) bond motifs is 1. The number of H-pyrrole nitrogens is 2. The standard InChI is InChI=1S/C28H28N6S/c1-5-7-21(27-9-8-17(3)35-27)22-11-25(32-18(22)4)28-23-12-24(31-16-26(23)33-34-28)20-10-19(13-29-6-2)14-30-15-20/h5,7-12,14-16,29,32H,1,6,13H2,2-4H3,(H,33,34)/b21-7+. The van der Waals surface area contributed by atoms with Crippen molar-refractivity contribution in [3.8, 4) is 22.6 Å². The minimum absolute atomic E-state index is 0.783. The fourth-order valence-electron chi connectivity index (χ4n) is 4.24. The van der Waals surface area contributed by atoms with Crippen LogP contribution in [0.2, 0.25) is 0 Å². The molecule has 0 spiro atoms. The molecule has 0 fully saturated rings. The van der Waals surface area contributed by atoms with Crippen LogP contribution in [0.25, 0.3) is 39.1 Å². The predicted molar refractivity (Wildman–Crippen MR) is 145 cm³/mol. The zero-order valence-corrected chi connectivity index (χ0v) is 21.0. The van der Waals surface area contributed by atoms with E-state index in [1.807, 2.05) is 24.7 Å². The molecule has 0 saturated carbocycles. The number of aromatic amines is 2. The van der Waals surface area contributed by atoms with Crippen molar-refractivity contribution in [1.29, 1.82) is 0 Å². The van der Waals surface area contributed by atoms with Crippen LogP contribution in [-0.2, 0) is 6.54 Å². The minimum atomic E-state index is 0.783. The van der Waals surface area contributed by atoms with E-state index in [1.54, 1.807) is 11.3 Å². The van der Waals surface area contributed by atoms with Gasteiger partial charge in [-0.25, -0.2) is 0 Å². The third-order valence-electron chi connectivity index (χ3n) is 5.97. The first kappa shape index (κ1) is 23.0. The van der Waals surface area contributed by atoms with Gasteiger partial charge in [-0.05, 0) is 56.3 Å². The summed E-state index contributed by atoms with van der Waals surface area (Å²) in [5.74, 6) is 0. The van der Waals surface area contributed by atoms with E-state index in [-0.39, 0.29) is 0 Å². The van der Waals surface area contributed by atoms with Crippen molar-refractivity contribution in [2.45, 2.75) is 27.3 Å². The number of hydrogen-bond donors (Lipinski definition) is 3.